The monoisotopic (exact) mass is 798 g/mol. The van der Waals surface area contributed by atoms with Crippen molar-refractivity contribution in [3.05, 3.63) is 206 Å². The first-order valence-corrected chi connectivity index (χ1v) is 21.9. The van der Waals surface area contributed by atoms with Crippen LogP contribution in [0, 0.1) is 0 Å². The third-order valence-electron chi connectivity index (χ3n) is 11.7. The lowest BCUT2D eigenvalue weighted by Gasteiger charge is -2.18. The molecule has 280 valence electrons. The van der Waals surface area contributed by atoms with Crippen molar-refractivity contribution in [3.8, 4) is 67.3 Å². The van der Waals surface area contributed by atoms with Gasteiger partial charge in [0.1, 0.15) is 0 Å². The molecule has 0 aliphatic heterocycles. The van der Waals surface area contributed by atoms with Gasteiger partial charge < -0.3 is 0 Å². The maximum atomic E-state index is 5.69. The average Bonchev–Trinajstić information content (AvgIpc) is 3.90. The first kappa shape index (κ1) is 34.8. The van der Waals surface area contributed by atoms with Crippen LogP contribution in [0.4, 0.5) is 0 Å². The van der Waals surface area contributed by atoms with Gasteiger partial charge in [0, 0.05) is 62.4 Å². The number of nitrogens with zero attached hydrogens (tertiary/aromatic N) is 2. The second-order valence-corrected chi connectivity index (χ2v) is 17.3. The second-order valence-electron chi connectivity index (χ2n) is 15.2. The van der Waals surface area contributed by atoms with Crippen LogP contribution in [0.5, 0.6) is 0 Å². The average molecular weight is 799 g/mol. The Morgan fingerprint density at radius 3 is 1.47 bits per heavy atom. The number of fused-ring (bicyclic) bond motifs is 7. The number of rotatable bonds is 6. The smallest absolute Gasteiger partial charge is 0.161 e. The third kappa shape index (κ3) is 5.76. The van der Waals surface area contributed by atoms with Crippen molar-refractivity contribution in [1.29, 1.82) is 0 Å². The van der Waals surface area contributed by atoms with Crippen LogP contribution in [0.3, 0.4) is 0 Å². The highest BCUT2D eigenvalue weighted by molar-refractivity contribution is 7.26. The summed E-state index contributed by atoms with van der Waals surface area (Å²) in [5.74, 6) is 0.702. The first-order valence-electron chi connectivity index (χ1n) is 20.2. The lowest BCUT2D eigenvalue weighted by Crippen LogP contribution is -1.99. The minimum Gasteiger partial charge on any atom is -0.228 e. The molecule has 0 radical (unpaired) electrons. The number of aromatic nitrogens is 2. The van der Waals surface area contributed by atoms with Crippen molar-refractivity contribution >= 4 is 73.8 Å². The van der Waals surface area contributed by atoms with Crippen LogP contribution in [0.2, 0.25) is 0 Å². The predicted molar refractivity (Wildman–Crippen MR) is 258 cm³/mol. The van der Waals surface area contributed by atoms with Crippen molar-refractivity contribution in [2.75, 3.05) is 0 Å². The van der Waals surface area contributed by atoms with E-state index in [0.29, 0.717) is 5.82 Å². The summed E-state index contributed by atoms with van der Waals surface area (Å²) in [7, 11) is 0. The number of hydrogen-bond donors (Lipinski definition) is 0. The molecule has 3 heterocycles. The summed E-state index contributed by atoms with van der Waals surface area (Å²) in [4.78, 5) is 11.4. The highest BCUT2D eigenvalue weighted by Crippen LogP contribution is 2.46. The largest absolute Gasteiger partial charge is 0.228 e. The SMILES string of the molecule is c1ccc(-c2cccc(-c3ccc4cccc(-c5ccccc5)c4c3-c3nc(-c4cccc5c4sc4ccccc45)cc(-c4cccc5c4sc4ccccc45)n3)c2)cc1. The fourth-order valence-corrected chi connectivity index (χ4v) is 11.4. The standard InChI is InChI=1S/C56H34N2S2/c1-3-15-35(16-4-1)38-20-11-21-39(33-38)41-32-31-37-19-12-24-40(36-17-5-2-6-18-36)52(37)53(41)56-57-48(46-27-13-25-44-42-22-7-9-29-50(42)59-54(44)46)34-49(58-56)47-28-14-26-45-43-23-8-10-30-51(43)60-55(45)47/h1-34H. The van der Waals surface area contributed by atoms with Crippen LogP contribution in [0.25, 0.3) is 118 Å². The molecule has 9 aromatic carbocycles. The van der Waals surface area contributed by atoms with Gasteiger partial charge in [-0.2, -0.15) is 0 Å². The molecule has 0 saturated heterocycles. The van der Waals surface area contributed by atoms with Crippen molar-refractivity contribution in [2.24, 2.45) is 0 Å². The van der Waals surface area contributed by atoms with Gasteiger partial charge in [0.2, 0.25) is 0 Å². The molecule has 0 fully saturated rings. The molecule has 0 atom stereocenters. The fraction of sp³-hybridized carbons (Fsp3) is 0. The van der Waals surface area contributed by atoms with E-state index in [2.05, 4.69) is 206 Å². The van der Waals surface area contributed by atoms with Gasteiger partial charge in [-0.1, -0.05) is 182 Å². The molecule has 0 aliphatic carbocycles. The summed E-state index contributed by atoms with van der Waals surface area (Å²) in [5, 5.41) is 7.31. The zero-order valence-electron chi connectivity index (χ0n) is 32.3. The van der Waals surface area contributed by atoms with Gasteiger partial charge in [-0.15, -0.1) is 22.7 Å². The molecule has 0 bridgehead atoms. The first-order chi connectivity index (χ1) is 29.7. The highest BCUT2D eigenvalue weighted by Gasteiger charge is 2.23. The minimum absolute atomic E-state index is 0.702. The maximum Gasteiger partial charge on any atom is 0.161 e. The van der Waals surface area contributed by atoms with E-state index >= 15 is 0 Å². The van der Waals surface area contributed by atoms with E-state index in [1.54, 1.807) is 0 Å². The van der Waals surface area contributed by atoms with Gasteiger partial charge in [0.25, 0.3) is 0 Å². The quantitative estimate of drug-likeness (QED) is 0.167. The van der Waals surface area contributed by atoms with Gasteiger partial charge >= 0.3 is 0 Å². The lowest BCUT2D eigenvalue weighted by atomic mass is 9.88. The summed E-state index contributed by atoms with van der Waals surface area (Å²) in [6.07, 6.45) is 0. The van der Waals surface area contributed by atoms with Gasteiger partial charge in [-0.05, 0) is 63.0 Å². The highest BCUT2D eigenvalue weighted by atomic mass is 32.1. The molecule has 12 rings (SSSR count). The van der Waals surface area contributed by atoms with Gasteiger partial charge in [-0.3, -0.25) is 0 Å². The summed E-state index contributed by atoms with van der Waals surface area (Å²) < 4.78 is 5.00. The zero-order valence-corrected chi connectivity index (χ0v) is 34.0. The molecular weight excluding hydrogens is 765 g/mol. The van der Waals surface area contributed by atoms with Crippen molar-refractivity contribution in [2.45, 2.75) is 0 Å². The molecule has 0 amide bonds. The summed E-state index contributed by atoms with van der Waals surface area (Å²) in [6, 6.07) is 74.4. The van der Waals surface area contributed by atoms with Crippen LogP contribution in [0.1, 0.15) is 0 Å². The molecule has 0 aliphatic rings. The number of hydrogen-bond acceptors (Lipinski definition) is 4. The summed E-state index contributed by atoms with van der Waals surface area (Å²) in [6.45, 7) is 0. The van der Waals surface area contributed by atoms with Crippen molar-refractivity contribution < 1.29 is 0 Å². The van der Waals surface area contributed by atoms with Gasteiger partial charge in [-0.25, -0.2) is 9.97 Å². The van der Waals surface area contributed by atoms with Crippen molar-refractivity contribution in [1.82, 2.24) is 9.97 Å². The minimum atomic E-state index is 0.702. The topological polar surface area (TPSA) is 25.8 Å². The van der Waals surface area contributed by atoms with Crippen LogP contribution < -0.4 is 0 Å². The lowest BCUT2D eigenvalue weighted by molar-refractivity contribution is 1.19. The van der Waals surface area contributed by atoms with E-state index in [9.17, 15) is 0 Å². The van der Waals surface area contributed by atoms with E-state index in [-0.39, 0.29) is 0 Å². The summed E-state index contributed by atoms with van der Waals surface area (Å²) >= 11 is 3.67. The van der Waals surface area contributed by atoms with Gasteiger partial charge in [0.05, 0.1) is 11.4 Å². The van der Waals surface area contributed by atoms with Crippen LogP contribution in [-0.2, 0) is 0 Å². The Balaban J connectivity index is 1.20. The number of thiophene rings is 2. The molecule has 60 heavy (non-hydrogen) atoms. The van der Waals surface area contributed by atoms with Crippen LogP contribution >= 0.6 is 22.7 Å². The van der Waals surface area contributed by atoms with E-state index < -0.39 is 0 Å². The van der Waals surface area contributed by atoms with Crippen molar-refractivity contribution in [3.63, 3.8) is 0 Å². The fourth-order valence-electron chi connectivity index (χ4n) is 8.94. The molecule has 0 saturated carbocycles. The Hall–Kier alpha value is -7.24. The van der Waals surface area contributed by atoms with Crippen LogP contribution in [-0.4, -0.2) is 9.97 Å². The Bertz CT molecular complexity index is 3470. The Kier molecular flexibility index (Phi) is 8.25. The summed E-state index contributed by atoms with van der Waals surface area (Å²) in [5.41, 5.74) is 11.9. The van der Waals surface area contributed by atoms with Gasteiger partial charge in [0.15, 0.2) is 5.82 Å². The normalized spacial score (nSPS) is 11.7. The Labute approximate surface area is 355 Å². The van der Waals surface area contributed by atoms with E-state index in [0.717, 1.165) is 61.1 Å². The molecule has 0 N–H and O–H groups in total. The molecule has 0 spiro atoms. The molecular formula is C56H34N2S2. The number of benzene rings is 9. The third-order valence-corrected chi connectivity index (χ3v) is 14.2. The van der Waals surface area contributed by atoms with E-state index in [1.807, 2.05) is 22.7 Å². The maximum absolute atomic E-state index is 5.69. The van der Waals surface area contributed by atoms with E-state index in [4.69, 9.17) is 9.97 Å². The Morgan fingerprint density at radius 1 is 0.317 bits per heavy atom. The molecule has 2 nitrogen and oxygen atoms in total. The molecule has 12 aromatic rings. The zero-order chi connectivity index (χ0) is 39.6. The second kappa shape index (κ2) is 14.2. The van der Waals surface area contributed by atoms with Crippen LogP contribution in [0.15, 0.2) is 206 Å². The predicted octanol–water partition coefficient (Wildman–Crippen LogP) is 16.4. The molecule has 3 aromatic heterocycles. The van der Waals surface area contributed by atoms with E-state index in [1.165, 1.54) is 51.5 Å². The molecule has 4 heteroatoms. The molecule has 0 unspecified atom stereocenters. The Morgan fingerprint density at radius 2 is 0.817 bits per heavy atom.